The van der Waals surface area contributed by atoms with Crippen LogP contribution in [0.5, 0.6) is 5.75 Å². The van der Waals surface area contributed by atoms with E-state index in [1.807, 2.05) is 16.7 Å². The molecule has 15 heteroatoms. The lowest BCUT2D eigenvalue weighted by molar-refractivity contribution is -0.128. The summed E-state index contributed by atoms with van der Waals surface area (Å²) in [4.78, 5) is 18.4. The average molecular weight is 654 g/mol. The Hall–Kier alpha value is -4.03. The molecule has 1 amide bonds. The van der Waals surface area contributed by atoms with Gasteiger partial charge in [-0.05, 0) is 50.4 Å². The monoisotopic (exact) mass is 653 g/mol. The van der Waals surface area contributed by atoms with Crippen LogP contribution in [0, 0.1) is 17.8 Å². The van der Waals surface area contributed by atoms with E-state index in [-0.39, 0.29) is 47.5 Å². The molecular formula is C30H34F4N6O4S. The van der Waals surface area contributed by atoms with Gasteiger partial charge in [-0.25, -0.2) is 22.5 Å². The molecule has 0 radical (unpaired) electrons. The number of likely N-dealkylation sites (tertiary alicyclic amines) is 1. The summed E-state index contributed by atoms with van der Waals surface area (Å²) in [5.74, 6) is 3.81. The molecule has 3 N–H and O–H groups in total. The van der Waals surface area contributed by atoms with Gasteiger partial charge in [-0.3, -0.25) is 4.79 Å². The number of nitrogens with zero attached hydrogens (tertiary/aromatic N) is 3. The molecule has 0 spiro atoms. The number of carbonyl (C=O) groups is 1. The van der Waals surface area contributed by atoms with E-state index in [9.17, 15) is 30.8 Å². The van der Waals surface area contributed by atoms with Gasteiger partial charge in [0.1, 0.15) is 17.6 Å². The lowest BCUT2D eigenvalue weighted by atomic mass is 10.0. The Kier molecular flexibility index (Phi) is 8.31. The minimum Gasteiger partial charge on any atom is -0.494 e. The van der Waals surface area contributed by atoms with Crippen LogP contribution in [0.2, 0.25) is 0 Å². The SMILES string of the molecule is [2H]C([2H])([2H])Oc1cc(C(=O)NS(=O)(=O)CC2CC2)ncc1NCC#Cc1cc2c(N[C@@H]3CCN(C)C[C@@H]3F)cccn2c1CC(F)(F)F. The van der Waals surface area contributed by atoms with E-state index < -0.39 is 53.5 Å². The van der Waals surface area contributed by atoms with Gasteiger partial charge in [-0.1, -0.05) is 11.8 Å². The van der Waals surface area contributed by atoms with Crippen molar-refractivity contribution in [3.63, 3.8) is 0 Å². The Morgan fingerprint density at radius 3 is 2.76 bits per heavy atom. The van der Waals surface area contributed by atoms with E-state index >= 15 is 0 Å². The molecular weight excluding hydrogens is 616 g/mol. The highest BCUT2D eigenvalue weighted by Gasteiger charge is 2.32. The fourth-order valence-electron chi connectivity index (χ4n) is 5.16. The highest BCUT2D eigenvalue weighted by atomic mass is 32.2. The number of anilines is 2. The van der Waals surface area contributed by atoms with Gasteiger partial charge in [0.25, 0.3) is 5.91 Å². The minimum atomic E-state index is -4.55. The van der Waals surface area contributed by atoms with Gasteiger partial charge in [0.05, 0.1) is 59.0 Å². The zero-order chi connectivity index (χ0) is 34.9. The number of fused-ring (bicyclic) bond motifs is 1. The topological polar surface area (TPSA) is 117 Å². The van der Waals surface area contributed by atoms with Crippen LogP contribution in [0.15, 0.2) is 36.7 Å². The van der Waals surface area contributed by atoms with E-state index in [1.54, 1.807) is 12.1 Å². The molecule has 0 aromatic carbocycles. The summed E-state index contributed by atoms with van der Waals surface area (Å²) in [7, 11) is -5.06. The smallest absolute Gasteiger partial charge is 0.394 e. The normalized spacial score (nSPS) is 20.3. The summed E-state index contributed by atoms with van der Waals surface area (Å²) in [6, 6.07) is 5.18. The summed E-state index contributed by atoms with van der Waals surface area (Å²) in [5, 5.41) is 5.94. The molecule has 1 aliphatic heterocycles. The number of methoxy groups -OCH3 is 1. The molecule has 10 nitrogen and oxygen atoms in total. The molecule has 4 heterocycles. The maximum atomic E-state index is 14.7. The molecule has 1 saturated carbocycles. The van der Waals surface area contributed by atoms with E-state index in [2.05, 4.69) is 27.5 Å². The van der Waals surface area contributed by atoms with E-state index in [0.717, 1.165) is 25.1 Å². The maximum absolute atomic E-state index is 14.7. The summed E-state index contributed by atoms with van der Waals surface area (Å²) < 4.78 is 111. The molecule has 2 atom stereocenters. The average Bonchev–Trinajstić information content (AvgIpc) is 3.70. The minimum absolute atomic E-state index is 0.0132. The van der Waals surface area contributed by atoms with Gasteiger partial charge in [0.2, 0.25) is 10.0 Å². The van der Waals surface area contributed by atoms with Crippen LogP contribution >= 0.6 is 0 Å². The van der Waals surface area contributed by atoms with Crippen molar-refractivity contribution in [2.24, 2.45) is 5.92 Å². The van der Waals surface area contributed by atoms with Crippen molar-refractivity contribution in [2.75, 3.05) is 50.1 Å². The number of piperidine rings is 1. The molecule has 0 bridgehead atoms. The third kappa shape index (κ3) is 8.37. The van der Waals surface area contributed by atoms with Gasteiger partial charge in [-0.15, -0.1) is 0 Å². The number of halogens is 4. The molecule has 2 aliphatic rings. The van der Waals surface area contributed by atoms with Crippen molar-refractivity contribution < 1.29 is 39.6 Å². The predicted octanol–water partition coefficient (Wildman–Crippen LogP) is 3.84. The van der Waals surface area contributed by atoms with Crippen molar-refractivity contribution in [2.45, 2.75) is 44.1 Å². The molecule has 3 aromatic rings. The van der Waals surface area contributed by atoms with Crippen LogP contribution in [-0.2, 0) is 16.4 Å². The van der Waals surface area contributed by atoms with Gasteiger partial charge in [0.15, 0.2) is 0 Å². The largest absolute Gasteiger partial charge is 0.494 e. The highest BCUT2D eigenvalue weighted by Crippen LogP contribution is 2.31. The molecule has 1 saturated heterocycles. The van der Waals surface area contributed by atoms with Gasteiger partial charge < -0.3 is 24.7 Å². The first-order valence-corrected chi connectivity index (χ1v) is 15.9. The van der Waals surface area contributed by atoms with Crippen LogP contribution in [0.3, 0.4) is 0 Å². The van der Waals surface area contributed by atoms with Crippen molar-refractivity contribution >= 4 is 32.8 Å². The molecule has 5 rings (SSSR count). The molecule has 45 heavy (non-hydrogen) atoms. The number of ether oxygens (including phenoxy) is 1. The first-order valence-electron chi connectivity index (χ1n) is 15.7. The Bertz CT molecular complexity index is 1840. The zero-order valence-corrected chi connectivity index (χ0v) is 25.1. The molecule has 3 aromatic heterocycles. The third-order valence-corrected chi connectivity index (χ3v) is 8.98. The summed E-state index contributed by atoms with van der Waals surface area (Å²) in [6.45, 7) is 0.693. The number of hydrogen-bond donors (Lipinski definition) is 3. The van der Waals surface area contributed by atoms with Crippen molar-refractivity contribution in [1.82, 2.24) is 19.0 Å². The van der Waals surface area contributed by atoms with Crippen molar-refractivity contribution in [1.29, 1.82) is 0 Å². The number of alkyl halides is 4. The number of aromatic nitrogens is 2. The van der Waals surface area contributed by atoms with Gasteiger partial charge in [-0.2, -0.15) is 13.2 Å². The Balaban J connectivity index is 1.37. The first-order chi connectivity index (χ1) is 22.5. The lowest BCUT2D eigenvalue weighted by Gasteiger charge is -2.33. The molecule has 242 valence electrons. The maximum Gasteiger partial charge on any atom is 0.394 e. The third-order valence-electron chi connectivity index (χ3n) is 7.57. The Morgan fingerprint density at radius 2 is 2.04 bits per heavy atom. The van der Waals surface area contributed by atoms with Crippen LogP contribution < -0.4 is 20.1 Å². The summed E-state index contributed by atoms with van der Waals surface area (Å²) >= 11 is 0. The standard InChI is InChI=1S/C30H34F4N6O4S/c1-39-12-9-22(21(31)17-39)37-23-6-4-11-40-26(23)13-20(27(40)15-30(32,33)34)5-3-10-35-25-16-36-24(14-28(25)44-2)29(41)38-45(42,43)18-19-7-8-19/h4,6,11,13-14,16,19,21-22,35,37H,7-10,12,15,17-18H2,1-2H3,(H,38,41)/t21-,22+/m0/s1/i2D3. The first kappa shape index (κ1) is 28.4. The van der Waals surface area contributed by atoms with E-state index in [4.69, 9.17) is 8.85 Å². The fourth-order valence-corrected chi connectivity index (χ4v) is 6.58. The van der Waals surface area contributed by atoms with Crippen LogP contribution in [0.25, 0.3) is 5.52 Å². The number of sulfonamides is 1. The Labute approximate surface area is 262 Å². The fraction of sp³-hybridized carbons (Fsp3) is 0.467. The summed E-state index contributed by atoms with van der Waals surface area (Å²) in [6.07, 6.45) is -2.45. The number of carbonyl (C=O) groups excluding carboxylic acids is 1. The molecule has 0 unspecified atom stereocenters. The Morgan fingerprint density at radius 1 is 1.24 bits per heavy atom. The van der Waals surface area contributed by atoms with E-state index in [0.29, 0.717) is 24.2 Å². The summed E-state index contributed by atoms with van der Waals surface area (Å²) in [5.41, 5.74) is 0.401. The van der Waals surface area contributed by atoms with Gasteiger partial charge >= 0.3 is 6.18 Å². The van der Waals surface area contributed by atoms with Crippen LogP contribution in [-0.4, -0.2) is 86.5 Å². The predicted molar refractivity (Wildman–Crippen MR) is 162 cm³/mol. The number of pyridine rings is 2. The number of nitrogens with one attached hydrogen (secondary N) is 3. The van der Waals surface area contributed by atoms with Gasteiger partial charge in [0, 0.05) is 36.6 Å². The van der Waals surface area contributed by atoms with E-state index in [1.165, 1.54) is 16.7 Å². The quantitative estimate of drug-likeness (QED) is 0.224. The number of hydrogen-bond acceptors (Lipinski definition) is 8. The van der Waals surface area contributed by atoms with Crippen LogP contribution in [0.4, 0.5) is 28.9 Å². The molecule has 1 aliphatic carbocycles. The second-order valence-electron chi connectivity index (χ2n) is 11.3. The second kappa shape index (κ2) is 13.1. The number of rotatable bonds is 10. The number of amides is 1. The zero-order valence-electron chi connectivity index (χ0n) is 27.2. The molecule has 2 fully saturated rings. The lowest BCUT2D eigenvalue weighted by Crippen LogP contribution is -2.46. The van der Waals surface area contributed by atoms with Crippen molar-refractivity contribution in [3.8, 4) is 17.6 Å². The van der Waals surface area contributed by atoms with Crippen molar-refractivity contribution in [3.05, 3.63) is 53.6 Å². The second-order valence-corrected chi connectivity index (χ2v) is 13.0. The highest BCUT2D eigenvalue weighted by molar-refractivity contribution is 7.90. The van der Waals surface area contributed by atoms with Crippen LogP contribution in [0.1, 0.15) is 45.1 Å².